The molecule has 0 aliphatic heterocycles. The second kappa shape index (κ2) is 4.84. The summed E-state index contributed by atoms with van der Waals surface area (Å²) in [5.74, 6) is 5.39. The van der Waals surface area contributed by atoms with Gasteiger partial charge in [0, 0.05) is 18.5 Å². The average Bonchev–Trinajstić information content (AvgIpc) is 2.11. The first-order valence-electron chi connectivity index (χ1n) is 3.91. The molecule has 0 saturated carbocycles. The molecule has 1 aromatic rings. The lowest BCUT2D eigenvalue weighted by molar-refractivity contribution is 0.579. The molecular formula is C10H9ClFN. The monoisotopic (exact) mass is 197 g/mol. The molecule has 68 valence electrons. The number of hydrogen-bond acceptors (Lipinski definition) is 1. The van der Waals surface area contributed by atoms with Gasteiger partial charge in [0.15, 0.2) is 0 Å². The Morgan fingerprint density at radius 1 is 1.62 bits per heavy atom. The van der Waals surface area contributed by atoms with Crippen LogP contribution in [0.1, 0.15) is 17.5 Å². The third-order valence-electron chi connectivity index (χ3n) is 1.42. The summed E-state index contributed by atoms with van der Waals surface area (Å²) in [6, 6.07) is 1.67. The Hall–Kier alpha value is -1.07. The number of rotatable bonds is 1. The van der Waals surface area contributed by atoms with E-state index in [1.54, 1.807) is 6.07 Å². The minimum absolute atomic E-state index is 0.338. The highest BCUT2D eigenvalue weighted by molar-refractivity contribution is 6.18. The highest BCUT2D eigenvalue weighted by atomic mass is 35.5. The minimum Gasteiger partial charge on any atom is -0.227 e. The van der Waals surface area contributed by atoms with Crippen molar-refractivity contribution in [1.82, 2.24) is 4.98 Å². The summed E-state index contributed by atoms with van der Waals surface area (Å²) in [5.41, 5.74) is 1.24. The van der Waals surface area contributed by atoms with Gasteiger partial charge in [0.25, 0.3) is 0 Å². The van der Waals surface area contributed by atoms with Crippen molar-refractivity contribution in [3.63, 3.8) is 0 Å². The highest BCUT2D eigenvalue weighted by Crippen LogP contribution is 2.04. The molecule has 13 heavy (non-hydrogen) atoms. The van der Waals surface area contributed by atoms with Gasteiger partial charge in [-0.05, 0) is 18.6 Å². The maximum Gasteiger partial charge on any atom is 0.228 e. The largest absolute Gasteiger partial charge is 0.228 e. The predicted molar refractivity (Wildman–Crippen MR) is 51.1 cm³/mol. The van der Waals surface area contributed by atoms with Gasteiger partial charge in [0.2, 0.25) is 5.95 Å². The van der Waals surface area contributed by atoms with Gasteiger partial charge >= 0.3 is 0 Å². The predicted octanol–water partition coefficient (Wildman–Crippen LogP) is 2.51. The summed E-state index contributed by atoms with van der Waals surface area (Å²) in [6.45, 7) is 1.85. The van der Waals surface area contributed by atoms with Crippen molar-refractivity contribution in [2.75, 3.05) is 5.88 Å². The van der Waals surface area contributed by atoms with E-state index >= 15 is 0 Å². The minimum atomic E-state index is -0.521. The van der Waals surface area contributed by atoms with Crippen LogP contribution in [0.4, 0.5) is 4.39 Å². The number of pyridine rings is 1. The van der Waals surface area contributed by atoms with E-state index in [0.29, 0.717) is 17.9 Å². The standard InChI is InChI=1S/C10H9ClFN/c1-8-6-9(4-2-3-5-11)10(12)13-7-8/h6-7H,3,5H2,1H3. The van der Waals surface area contributed by atoms with Crippen molar-refractivity contribution < 1.29 is 4.39 Å². The molecule has 1 heterocycles. The second-order valence-corrected chi connectivity index (χ2v) is 2.97. The first-order chi connectivity index (χ1) is 6.24. The molecule has 1 rings (SSSR count). The fourth-order valence-electron chi connectivity index (χ4n) is 0.845. The van der Waals surface area contributed by atoms with Crippen LogP contribution in [0.25, 0.3) is 0 Å². The maximum atomic E-state index is 13.0. The van der Waals surface area contributed by atoms with E-state index in [1.807, 2.05) is 6.92 Å². The number of hydrogen-bond donors (Lipinski definition) is 0. The SMILES string of the molecule is Cc1cnc(F)c(C#CCCCl)c1. The Labute approximate surface area is 81.9 Å². The smallest absolute Gasteiger partial charge is 0.227 e. The molecule has 0 saturated heterocycles. The Morgan fingerprint density at radius 2 is 2.38 bits per heavy atom. The van der Waals surface area contributed by atoms with Crippen molar-refractivity contribution in [3.8, 4) is 11.8 Å². The molecule has 0 atom stereocenters. The van der Waals surface area contributed by atoms with Gasteiger partial charge in [-0.25, -0.2) is 4.98 Å². The van der Waals surface area contributed by atoms with Crippen molar-refractivity contribution in [2.45, 2.75) is 13.3 Å². The van der Waals surface area contributed by atoms with Crippen LogP contribution in [0.2, 0.25) is 0 Å². The van der Waals surface area contributed by atoms with Crippen LogP contribution in [0.3, 0.4) is 0 Å². The normalized spacial score (nSPS) is 9.15. The quantitative estimate of drug-likeness (QED) is 0.383. The summed E-state index contributed by atoms with van der Waals surface area (Å²) < 4.78 is 13.0. The lowest BCUT2D eigenvalue weighted by atomic mass is 10.2. The van der Waals surface area contributed by atoms with Gasteiger partial charge in [-0.2, -0.15) is 4.39 Å². The molecule has 0 spiro atoms. The number of halogens is 2. The lowest BCUT2D eigenvalue weighted by Gasteiger charge is -1.94. The van der Waals surface area contributed by atoms with Crippen molar-refractivity contribution in [2.24, 2.45) is 0 Å². The highest BCUT2D eigenvalue weighted by Gasteiger charge is 1.98. The van der Waals surface area contributed by atoms with Gasteiger partial charge in [-0.3, -0.25) is 0 Å². The molecule has 3 heteroatoms. The van der Waals surface area contributed by atoms with Crippen LogP contribution in [0.15, 0.2) is 12.3 Å². The van der Waals surface area contributed by atoms with Gasteiger partial charge in [-0.15, -0.1) is 11.6 Å². The molecule has 0 aliphatic carbocycles. The molecule has 0 unspecified atom stereocenters. The average molecular weight is 198 g/mol. The first-order valence-corrected chi connectivity index (χ1v) is 4.44. The van der Waals surface area contributed by atoms with Gasteiger partial charge < -0.3 is 0 Å². The first kappa shape index (κ1) is 10.0. The zero-order valence-electron chi connectivity index (χ0n) is 7.27. The molecule has 1 nitrogen and oxygen atoms in total. The molecule has 0 amide bonds. The molecule has 0 radical (unpaired) electrons. The van der Waals surface area contributed by atoms with E-state index in [1.165, 1.54) is 6.20 Å². The maximum absolute atomic E-state index is 13.0. The van der Waals surface area contributed by atoms with E-state index < -0.39 is 5.95 Å². The fraction of sp³-hybridized carbons (Fsp3) is 0.300. The second-order valence-electron chi connectivity index (χ2n) is 2.59. The third-order valence-corrected chi connectivity index (χ3v) is 1.61. The van der Waals surface area contributed by atoms with E-state index in [2.05, 4.69) is 16.8 Å². The van der Waals surface area contributed by atoms with Gasteiger partial charge in [0.1, 0.15) is 0 Å². The Morgan fingerprint density at radius 3 is 3.08 bits per heavy atom. The van der Waals surface area contributed by atoms with Crippen molar-refractivity contribution in [1.29, 1.82) is 0 Å². The molecular weight excluding hydrogens is 189 g/mol. The van der Waals surface area contributed by atoms with Crippen LogP contribution < -0.4 is 0 Å². The lowest BCUT2D eigenvalue weighted by Crippen LogP contribution is -1.89. The Bertz CT molecular complexity index is 352. The molecule has 0 aliphatic rings. The van der Waals surface area contributed by atoms with Crippen LogP contribution in [0, 0.1) is 24.7 Å². The van der Waals surface area contributed by atoms with Crippen LogP contribution >= 0.6 is 11.6 Å². The molecule has 0 bridgehead atoms. The summed E-state index contributed by atoms with van der Waals surface area (Å²) >= 11 is 5.43. The van der Waals surface area contributed by atoms with E-state index in [0.717, 1.165) is 5.56 Å². The number of aromatic nitrogens is 1. The molecule has 0 N–H and O–H groups in total. The van der Waals surface area contributed by atoms with Crippen molar-refractivity contribution in [3.05, 3.63) is 29.3 Å². The molecule has 1 aromatic heterocycles. The van der Waals surface area contributed by atoms with Crippen molar-refractivity contribution >= 4 is 11.6 Å². The van der Waals surface area contributed by atoms with Crippen LogP contribution in [-0.4, -0.2) is 10.9 Å². The number of nitrogens with zero attached hydrogens (tertiary/aromatic N) is 1. The fourth-order valence-corrected chi connectivity index (χ4v) is 0.940. The zero-order chi connectivity index (χ0) is 9.68. The Balaban J connectivity index is 2.89. The summed E-state index contributed by atoms with van der Waals surface area (Å²) in [4.78, 5) is 3.56. The zero-order valence-corrected chi connectivity index (χ0v) is 8.03. The van der Waals surface area contributed by atoms with Gasteiger partial charge in [0.05, 0.1) is 5.56 Å². The van der Waals surface area contributed by atoms with Crippen LogP contribution in [0.5, 0.6) is 0 Å². The summed E-state index contributed by atoms with van der Waals surface area (Å²) in [6.07, 6.45) is 2.04. The number of alkyl halides is 1. The van der Waals surface area contributed by atoms with E-state index in [9.17, 15) is 4.39 Å². The topological polar surface area (TPSA) is 12.9 Å². The summed E-state index contributed by atoms with van der Waals surface area (Å²) in [7, 11) is 0. The Kier molecular flexibility index (Phi) is 3.72. The van der Waals surface area contributed by atoms with E-state index in [-0.39, 0.29) is 0 Å². The molecule has 0 aromatic carbocycles. The van der Waals surface area contributed by atoms with Crippen LogP contribution in [-0.2, 0) is 0 Å². The number of aryl methyl sites for hydroxylation is 1. The van der Waals surface area contributed by atoms with Gasteiger partial charge in [-0.1, -0.05) is 11.8 Å². The van der Waals surface area contributed by atoms with E-state index in [4.69, 9.17) is 11.6 Å². The molecule has 0 fully saturated rings. The third kappa shape index (κ3) is 3.04. The summed E-state index contributed by atoms with van der Waals surface area (Å²) in [5, 5.41) is 0.